The Labute approximate surface area is 50.4 Å². The van der Waals surface area contributed by atoms with Crippen LogP contribution in [0.5, 0.6) is 0 Å². The van der Waals surface area contributed by atoms with E-state index in [1.54, 1.807) is 0 Å². The van der Waals surface area contributed by atoms with Crippen LogP contribution in [0.2, 0.25) is 0 Å². The van der Waals surface area contributed by atoms with Gasteiger partial charge >= 0.3 is 0 Å². The van der Waals surface area contributed by atoms with Gasteiger partial charge < -0.3 is 0 Å². The lowest BCUT2D eigenvalue weighted by atomic mass is 10.0. The minimum atomic E-state index is 0.373. The Morgan fingerprint density at radius 2 is 2.12 bits per heavy atom. The highest BCUT2D eigenvalue weighted by molar-refractivity contribution is 5.52. The molecule has 0 amide bonds. The Hall–Kier alpha value is -0.550. The zero-order valence-corrected chi connectivity index (χ0v) is 5.69. The minimum absolute atomic E-state index is 0.373. The predicted octanol–water partition coefficient (Wildman–Crippen LogP) is 1.81. The van der Waals surface area contributed by atoms with Crippen LogP contribution in [0.1, 0.15) is 27.2 Å². The molecule has 0 saturated carbocycles. The van der Waals surface area contributed by atoms with Crippen molar-refractivity contribution < 1.29 is 4.79 Å². The third-order valence-electron chi connectivity index (χ3n) is 1.21. The fourth-order valence-corrected chi connectivity index (χ4v) is 0.598. The van der Waals surface area contributed by atoms with Crippen LogP contribution in [0.3, 0.4) is 0 Å². The summed E-state index contributed by atoms with van der Waals surface area (Å²) in [5.41, 5.74) is 0.880. The molecule has 0 unspecified atom stereocenters. The molecule has 0 fully saturated rings. The van der Waals surface area contributed by atoms with Gasteiger partial charge in [0.05, 0.1) is 0 Å². The topological polar surface area (TPSA) is 17.1 Å². The summed E-state index contributed by atoms with van der Waals surface area (Å²) in [6.07, 6.45) is 0.834. The summed E-state index contributed by atoms with van der Waals surface area (Å²) in [7, 11) is 0. The van der Waals surface area contributed by atoms with Gasteiger partial charge in [0, 0.05) is 5.57 Å². The quantitative estimate of drug-likeness (QED) is 0.498. The number of carbonyl (C=O) groups excluding carboxylic acids is 1. The highest BCUT2D eigenvalue weighted by Crippen LogP contribution is 2.07. The van der Waals surface area contributed by atoms with E-state index in [-0.39, 0.29) is 0 Å². The summed E-state index contributed by atoms with van der Waals surface area (Å²) in [5.74, 6) is 2.29. The Kier molecular flexibility index (Phi) is 3.21. The molecule has 8 heavy (non-hydrogen) atoms. The van der Waals surface area contributed by atoms with Gasteiger partial charge in [0.2, 0.25) is 0 Å². The van der Waals surface area contributed by atoms with Gasteiger partial charge in [-0.2, -0.15) is 0 Å². The minimum Gasteiger partial charge on any atom is -0.234 e. The van der Waals surface area contributed by atoms with Crippen LogP contribution >= 0.6 is 0 Å². The lowest BCUT2D eigenvalue weighted by Gasteiger charge is -2.00. The van der Waals surface area contributed by atoms with Gasteiger partial charge in [-0.1, -0.05) is 20.8 Å². The third-order valence-corrected chi connectivity index (χ3v) is 1.21. The summed E-state index contributed by atoms with van der Waals surface area (Å²) >= 11 is 0. The molecule has 0 heterocycles. The molecular weight excluding hydrogens is 100 g/mol. The van der Waals surface area contributed by atoms with Crippen LogP contribution < -0.4 is 0 Å². The number of rotatable bonds is 2. The van der Waals surface area contributed by atoms with Crippen LogP contribution in [0.4, 0.5) is 0 Å². The van der Waals surface area contributed by atoms with Gasteiger partial charge in [0.15, 0.2) is 0 Å². The number of hydrogen-bond donors (Lipinski definition) is 0. The predicted molar refractivity (Wildman–Crippen MR) is 34.3 cm³/mol. The molecule has 0 aliphatic rings. The first kappa shape index (κ1) is 7.45. The van der Waals surface area contributed by atoms with Crippen molar-refractivity contribution >= 4 is 5.94 Å². The van der Waals surface area contributed by atoms with Gasteiger partial charge in [0.25, 0.3) is 0 Å². The molecule has 0 aromatic rings. The second kappa shape index (κ2) is 3.45. The largest absolute Gasteiger partial charge is 0.234 e. The Balaban J connectivity index is 3.92. The maximum absolute atomic E-state index is 10.0. The monoisotopic (exact) mass is 112 g/mol. The maximum atomic E-state index is 10.0. The van der Waals surface area contributed by atoms with Crippen molar-refractivity contribution in [2.24, 2.45) is 5.92 Å². The Bertz CT molecular complexity index is 108. The molecule has 0 bridgehead atoms. The zero-order chi connectivity index (χ0) is 6.57. The summed E-state index contributed by atoms with van der Waals surface area (Å²) in [6.45, 7) is 5.98. The van der Waals surface area contributed by atoms with Crippen molar-refractivity contribution in [3.05, 3.63) is 5.57 Å². The molecule has 46 valence electrons. The lowest BCUT2D eigenvalue weighted by Crippen LogP contribution is -1.91. The normalized spacial score (nSPS) is 9.00. The van der Waals surface area contributed by atoms with E-state index in [4.69, 9.17) is 0 Å². The Morgan fingerprint density at radius 1 is 1.62 bits per heavy atom. The second-order valence-corrected chi connectivity index (χ2v) is 2.14. The van der Waals surface area contributed by atoms with E-state index in [2.05, 4.69) is 0 Å². The van der Waals surface area contributed by atoms with E-state index >= 15 is 0 Å². The molecule has 1 nitrogen and oxygen atoms in total. The highest BCUT2D eigenvalue weighted by Gasteiger charge is 1.98. The van der Waals surface area contributed by atoms with E-state index in [9.17, 15) is 4.79 Å². The summed E-state index contributed by atoms with van der Waals surface area (Å²) < 4.78 is 0. The van der Waals surface area contributed by atoms with Crippen LogP contribution in [-0.4, -0.2) is 5.94 Å². The number of allylic oxidation sites excluding steroid dienone is 1. The first-order chi connectivity index (χ1) is 3.72. The average Bonchev–Trinajstić information content (AvgIpc) is 1.69. The van der Waals surface area contributed by atoms with E-state index in [1.165, 1.54) is 0 Å². The van der Waals surface area contributed by atoms with Gasteiger partial charge in [-0.25, -0.2) is 4.79 Å². The SMILES string of the molecule is CCC(=C=O)C(C)C. The van der Waals surface area contributed by atoms with E-state index in [0.717, 1.165) is 12.0 Å². The van der Waals surface area contributed by atoms with Crippen molar-refractivity contribution in [3.8, 4) is 0 Å². The maximum Gasteiger partial charge on any atom is 0.123 e. The van der Waals surface area contributed by atoms with Crippen LogP contribution in [0.15, 0.2) is 5.57 Å². The van der Waals surface area contributed by atoms with Crippen molar-refractivity contribution in [1.29, 1.82) is 0 Å². The van der Waals surface area contributed by atoms with E-state index in [0.29, 0.717) is 5.92 Å². The van der Waals surface area contributed by atoms with Gasteiger partial charge in [-0.05, 0) is 12.3 Å². The smallest absolute Gasteiger partial charge is 0.123 e. The molecule has 0 aromatic carbocycles. The van der Waals surface area contributed by atoms with Gasteiger partial charge in [-0.15, -0.1) is 0 Å². The van der Waals surface area contributed by atoms with Gasteiger partial charge in [-0.3, -0.25) is 0 Å². The van der Waals surface area contributed by atoms with Crippen molar-refractivity contribution in [2.45, 2.75) is 27.2 Å². The van der Waals surface area contributed by atoms with Gasteiger partial charge in [0.1, 0.15) is 5.94 Å². The van der Waals surface area contributed by atoms with E-state index in [1.807, 2.05) is 26.7 Å². The molecule has 0 radical (unpaired) electrons. The highest BCUT2D eigenvalue weighted by atomic mass is 16.1. The molecule has 1 heteroatoms. The first-order valence-corrected chi connectivity index (χ1v) is 2.96. The average molecular weight is 112 g/mol. The van der Waals surface area contributed by atoms with Crippen LogP contribution in [0.25, 0.3) is 0 Å². The molecular formula is C7H12O. The standard InChI is InChI=1S/C7H12O/c1-4-7(5-8)6(2)3/h6H,4H2,1-3H3. The van der Waals surface area contributed by atoms with Crippen molar-refractivity contribution in [3.63, 3.8) is 0 Å². The molecule has 0 aliphatic heterocycles. The van der Waals surface area contributed by atoms with Crippen molar-refractivity contribution in [2.75, 3.05) is 0 Å². The summed E-state index contributed by atoms with van der Waals surface area (Å²) in [6, 6.07) is 0. The molecule has 0 N–H and O–H groups in total. The third kappa shape index (κ3) is 1.94. The molecule has 0 spiro atoms. The zero-order valence-electron chi connectivity index (χ0n) is 5.69. The molecule has 0 atom stereocenters. The van der Waals surface area contributed by atoms with Crippen LogP contribution in [-0.2, 0) is 4.79 Å². The molecule has 0 saturated heterocycles. The van der Waals surface area contributed by atoms with Crippen molar-refractivity contribution in [1.82, 2.24) is 0 Å². The molecule has 0 aromatic heterocycles. The fourth-order valence-electron chi connectivity index (χ4n) is 0.598. The molecule has 0 aliphatic carbocycles. The fraction of sp³-hybridized carbons (Fsp3) is 0.714. The second-order valence-electron chi connectivity index (χ2n) is 2.14. The summed E-state index contributed by atoms with van der Waals surface area (Å²) in [4.78, 5) is 10.0. The number of hydrogen-bond acceptors (Lipinski definition) is 1. The van der Waals surface area contributed by atoms with E-state index < -0.39 is 0 Å². The van der Waals surface area contributed by atoms with Crippen LogP contribution in [0, 0.1) is 5.92 Å². The first-order valence-electron chi connectivity index (χ1n) is 2.96. The summed E-state index contributed by atoms with van der Waals surface area (Å²) in [5, 5.41) is 0. The molecule has 0 rings (SSSR count). The Morgan fingerprint density at radius 3 is 2.12 bits per heavy atom. The lowest BCUT2D eigenvalue weighted by molar-refractivity contribution is 0.561.